The topological polar surface area (TPSA) is 3.24 Å². The molecule has 0 spiro atoms. The highest BCUT2D eigenvalue weighted by atomic mass is 79.9. The van der Waals surface area contributed by atoms with Crippen molar-refractivity contribution < 1.29 is 0 Å². The van der Waals surface area contributed by atoms with Gasteiger partial charge in [0.1, 0.15) is 4.32 Å². The second-order valence-corrected chi connectivity index (χ2v) is 5.38. The summed E-state index contributed by atoms with van der Waals surface area (Å²) in [6.07, 6.45) is 0. The van der Waals surface area contributed by atoms with Crippen molar-refractivity contribution in [3.8, 4) is 0 Å². The van der Waals surface area contributed by atoms with E-state index in [-0.39, 0.29) is 0 Å². The number of halogens is 1. The molecule has 0 radical (unpaired) electrons. The van der Waals surface area contributed by atoms with Gasteiger partial charge in [0.25, 0.3) is 0 Å². The maximum atomic E-state index is 5.06. The number of rotatable bonds is 4. The minimum Gasteiger partial charge on any atom is -0.349 e. The fraction of sp³-hybridized carbons (Fsp3) is 0.182. The number of benzene rings is 1. The van der Waals surface area contributed by atoms with Crippen LogP contribution in [0.3, 0.4) is 0 Å². The predicted molar refractivity (Wildman–Crippen MR) is 76.5 cm³/mol. The number of thiol groups is 1. The molecule has 0 atom stereocenters. The summed E-state index contributed by atoms with van der Waals surface area (Å²) in [6.45, 7) is 5.24. The molecule has 0 N–H and O–H groups in total. The third kappa shape index (κ3) is 4.82. The Labute approximate surface area is 110 Å². The summed E-state index contributed by atoms with van der Waals surface area (Å²) in [5.41, 5.74) is 1.21. The normalized spacial score (nSPS) is 9.73. The Balaban J connectivity index is 2.67. The summed E-state index contributed by atoms with van der Waals surface area (Å²) in [4.78, 5) is 1.98. The first-order valence-corrected chi connectivity index (χ1v) is 6.09. The summed E-state index contributed by atoms with van der Waals surface area (Å²) in [6, 6.07) is 10.2. The van der Waals surface area contributed by atoms with E-state index in [1.54, 1.807) is 0 Å². The van der Waals surface area contributed by atoms with Gasteiger partial charge in [0.05, 0.1) is 6.54 Å². The average molecular weight is 302 g/mol. The molecule has 0 amide bonds. The number of thiocarbonyl (C=S) groups is 1. The Hall–Kier alpha value is -0.320. The molecule has 0 saturated heterocycles. The molecule has 0 aliphatic heterocycles. The molecule has 0 saturated carbocycles. The van der Waals surface area contributed by atoms with E-state index in [4.69, 9.17) is 12.2 Å². The Kier molecular flexibility index (Phi) is 5.36. The first-order chi connectivity index (χ1) is 7.09. The van der Waals surface area contributed by atoms with Crippen molar-refractivity contribution in [1.82, 2.24) is 4.90 Å². The lowest BCUT2D eigenvalue weighted by molar-refractivity contribution is 0.471. The standard InChI is InChI=1S/C11H12BrNS2/c1-9(12)7-13(11(14)15)8-10-5-3-2-4-6-10/h2-6H,1,7-8H2,(H,14,15). The maximum absolute atomic E-state index is 5.06. The Bertz CT molecular complexity index is 351. The molecule has 0 fully saturated rings. The van der Waals surface area contributed by atoms with Crippen molar-refractivity contribution in [1.29, 1.82) is 0 Å². The van der Waals surface area contributed by atoms with E-state index in [1.165, 1.54) is 5.56 Å². The molecular formula is C11H12BrNS2. The molecule has 1 nitrogen and oxygen atoms in total. The van der Waals surface area contributed by atoms with Gasteiger partial charge in [-0.3, -0.25) is 0 Å². The van der Waals surface area contributed by atoms with E-state index in [2.05, 4.69) is 47.3 Å². The fourth-order valence-electron chi connectivity index (χ4n) is 1.20. The van der Waals surface area contributed by atoms with Crippen molar-refractivity contribution in [3.63, 3.8) is 0 Å². The first-order valence-electron chi connectivity index (χ1n) is 4.44. The summed E-state index contributed by atoms with van der Waals surface area (Å²) in [5.74, 6) is 0. The van der Waals surface area contributed by atoms with Crippen molar-refractivity contribution >= 4 is 45.1 Å². The molecule has 15 heavy (non-hydrogen) atoms. The van der Waals surface area contributed by atoms with Crippen LogP contribution >= 0.6 is 40.8 Å². The van der Waals surface area contributed by atoms with Crippen LogP contribution in [0.4, 0.5) is 0 Å². The van der Waals surface area contributed by atoms with Gasteiger partial charge in [0, 0.05) is 11.0 Å². The van der Waals surface area contributed by atoms with E-state index in [0.29, 0.717) is 10.9 Å². The molecule has 0 heterocycles. The van der Waals surface area contributed by atoms with Gasteiger partial charge in [0.2, 0.25) is 0 Å². The van der Waals surface area contributed by atoms with Crippen LogP contribution in [0.5, 0.6) is 0 Å². The number of hydrogen-bond donors (Lipinski definition) is 1. The van der Waals surface area contributed by atoms with E-state index in [0.717, 1.165) is 11.0 Å². The highest BCUT2D eigenvalue weighted by Crippen LogP contribution is 2.11. The molecule has 0 bridgehead atoms. The second-order valence-electron chi connectivity index (χ2n) is 3.14. The zero-order valence-corrected chi connectivity index (χ0v) is 11.5. The monoisotopic (exact) mass is 301 g/mol. The molecule has 1 aromatic rings. The summed E-state index contributed by atoms with van der Waals surface area (Å²) in [7, 11) is 0. The van der Waals surface area contributed by atoms with Gasteiger partial charge in [-0.2, -0.15) is 0 Å². The fourth-order valence-corrected chi connectivity index (χ4v) is 1.78. The quantitative estimate of drug-likeness (QED) is 0.668. The average Bonchev–Trinajstić information content (AvgIpc) is 2.17. The molecule has 1 rings (SSSR count). The molecule has 0 aliphatic rings. The molecular weight excluding hydrogens is 290 g/mol. The lowest BCUT2D eigenvalue weighted by Gasteiger charge is -2.22. The number of hydrogen-bond acceptors (Lipinski definition) is 1. The summed E-state index contributed by atoms with van der Waals surface area (Å²) < 4.78 is 1.48. The van der Waals surface area contributed by atoms with Gasteiger partial charge in [-0.15, -0.1) is 12.6 Å². The second kappa shape index (κ2) is 6.30. The largest absolute Gasteiger partial charge is 0.349 e. The van der Waals surface area contributed by atoms with Gasteiger partial charge in [-0.05, 0) is 5.56 Å². The Morgan fingerprint density at radius 3 is 2.47 bits per heavy atom. The van der Waals surface area contributed by atoms with E-state index < -0.39 is 0 Å². The molecule has 0 aliphatic carbocycles. The Morgan fingerprint density at radius 1 is 1.40 bits per heavy atom. The van der Waals surface area contributed by atoms with Gasteiger partial charge >= 0.3 is 0 Å². The first kappa shape index (κ1) is 12.7. The lowest BCUT2D eigenvalue weighted by Crippen LogP contribution is -2.26. The summed E-state index contributed by atoms with van der Waals surface area (Å²) >= 11 is 12.6. The van der Waals surface area contributed by atoms with Crippen LogP contribution in [0, 0.1) is 0 Å². The zero-order chi connectivity index (χ0) is 11.3. The van der Waals surface area contributed by atoms with Crippen LogP contribution in [0.2, 0.25) is 0 Å². The van der Waals surface area contributed by atoms with E-state index >= 15 is 0 Å². The lowest BCUT2D eigenvalue weighted by atomic mass is 10.2. The van der Waals surface area contributed by atoms with Crippen molar-refractivity contribution in [3.05, 3.63) is 47.0 Å². The van der Waals surface area contributed by atoms with Crippen LogP contribution in [0.25, 0.3) is 0 Å². The van der Waals surface area contributed by atoms with Crippen LogP contribution in [0.1, 0.15) is 5.56 Å². The van der Waals surface area contributed by atoms with Gasteiger partial charge < -0.3 is 4.90 Å². The van der Waals surface area contributed by atoms with Gasteiger partial charge in [-0.1, -0.05) is 65.1 Å². The molecule has 80 valence electrons. The highest BCUT2D eigenvalue weighted by Gasteiger charge is 2.07. The zero-order valence-electron chi connectivity index (χ0n) is 8.19. The minimum atomic E-state index is 0.583. The Morgan fingerprint density at radius 2 is 2.00 bits per heavy atom. The van der Waals surface area contributed by atoms with E-state index in [9.17, 15) is 0 Å². The van der Waals surface area contributed by atoms with Gasteiger partial charge in [-0.25, -0.2) is 0 Å². The van der Waals surface area contributed by atoms with Crippen LogP contribution in [-0.2, 0) is 6.54 Å². The van der Waals surface area contributed by atoms with Crippen molar-refractivity contribution in [2.75, 3.05) is 6.54 Å². The molecule has 0 unspecified atom stereocenters. The van der Waals surface area contributed by atoms with Crippen LogP contribution in [0.15, 0.2) is 41.4 Å². The molecule has 1 aromatic carbocycles. The van der Waals surface area contributed by atoms with Crippen LogP contribution in [-0.4, -0.2) is 15.8 Å². The SMILES string of the molecule is C=C(Br)CN(Cc1ccccc1)C(=S)S. The third-order valence-electron chi connectivity index (χ3n) is 1.85. The number of nitrogens with zero attached hydrogens (tertiary/aromatic N) is 1. The van der Waals surface area contributed by atoms with Crippen LogP contribution < -0.4 is 0 Å². The predicted octanol–water partition coefficient (Wildman–Crippen LogP) is 3.61. The smallest absolute Gasteiger partial charge is 0.133 e. The maximum Gasteiger partial charge on any atom is 0.133 e. The minimum absolute atomic E-state index is 0.583. The molecule has 4 heteroatoms. The third-order valence-corrected chi connectivity index (χ3v) is 2.64. The van der Waals surface area contributed by atoms with Gasteiger partial charge in [0.15, 0.2) is 0 Å². The molecule has 0 aromatic heterocycles. The van der Waals surface area contributed by atoms with Crippen molar-refractivity contribution in [2.24, 2.45) is 0 Å². The summed E-state index contributed by atoms with van der Waals surface area (Å²) in [5, 5.41) is 0. The van der Waals surface area contributed by atoms with E-state index in [1.807, 2.05) is 23.1 Å². The highest BCUT2D eigenvalue weighted by molar-refractivity contribution is 9.11. The van der Waals surface area contributed by atoms with Crippen molar-refractivity contribution in [2.45, 2.75) is 6.54 Å².